The molecule has 7 heteroatoms. The van der Waals surface area contributed by atoms with Crippen LogP contribution in [0.25, 0.3) is 10.9 Å². The molecule has 1 N–H and O–H groups in total. The SMILES string of the molecule is O=C(CCn1ccc2ccccc21)N1CCC(O)(C(F)(F)F)CC1. The summed E-state index contributed by atoms with van der Waals surface area (Å²) in [5.41, 5.74) is -1.64. The molecule has 1 aliphatic rings. The van der Waals surface area contributed by atoms with E-state index in [1.165, 1.54) is 4.90 Å². The zero-order chi connectivity index (χ0) is 17.4. The van der Waals surface area contributed by atoms with Gasteiger partial charge in [0, 0.05) is 50.6 Å². The van der Waals surface area contributed by atoms with E-state index < -0.39 is 24.6 Å². The number of halogens is 3. The summed E-state index contributed by atoms with van der Waals surface area (Å²) in [7, 11) is 0. The topological polar surface area (TPSA) is 45.5 Å². The second-order valence-corrected chi connectivity index (χ2v) is 6.23. The average molecular weight is 340 g/mol. The fourth-order valence-corrected chi connectivity index (χ4v) is 3.12. The van der Waals surface area contributed by atoms with Crippen LogP contribution >= 0.6 is 0 Å². The van der Waals surface area contributed by atoms with Gasteiger partial charge in [0.25, 0.3) is 0 Å². The Morgan fingerprint density at radius 2 is 1.83 bits per heavy atom. The van der Waals surface area contributed by atoms with Gasteiger partial charge < -0.3 is 14.6 Å². The smallest absolute Gasteiger partial charge is 0.380 e. The second kappa shape index (κ2) is 6.12. The molecule has 0 bridgehead atoms. The van der Waals surface area contributed by atoms with E-state index >= 15 is 0 Å². The molecule has 1 amide bonds. The van der Waals surface area contributed by atoms with Gasteiger partial charge in [-0.25, -0.2) is 0 Å². The molecule has 4 nitrogen and oxygen atoms in total. The minimum absolute atomic E-state index is 0.0682. The minimum atomic E-state index is -4.65. The molecule has 0 spiro atoms. The Labute approximate surface area is 137 Å². The molecule has 0 unspecified atom stereocenters. The van der Waals surface area contributed by atoms with Crippen LogP contribution in [0.5, 0.6) is 0 Å². The Morgan fingerprint density at radius 1 is 1.17 bits per heavy atom. The molecule has 0 saturated carbocycles. The van der Waals surface area contributed by atoms with E-state index in [1.807, 2.05) is 41.1 Å². The van der Waals surface area contributed by atoms with E-state index in [2.05, 4.69) is 0 Å². The van der Waals surface area contributed by atoms with Gasteiger partial charge >= 0.3 is 6.18 Å². The number of carbonyl (C=O) groups excluding carboxylic acids is 1. The van der Waals surface area contributed by atoms with Gasteiger partial charge in [0.1, 0.15) is 0 Å². The number of hydrogen-bond acceptors (Lipinski definition) is 2. The Kier molecular flexibility index (Phi) is 4.29. The van der Waals surface area contributed by atoms with Crippen LogP contribution in [0, 0.1) is 0 Å². The zero-order valence-corrected chi connectivity index (χ0v) is 13.1. The molecule has 0 radical (unpaired) electrons. The predicted octanol–water partition coefficient (Wildman–Crippen LogP) is 2.95. The van der Waals surface area contributed by atoms with E-state index in [0.29, 0.717) is 6.54 Å². The lowest BCUT2D eigenvalue weighted by Gasteiger charge is -2.39. The van der Waals surface area contributed by atoms with Crippen molar-refractivity contribution in [2.45, 2.75) is 37.6 Å². The first-order chi connectivity index (χ1) is 11.3. The Bertz CT molecular complexity index is 731. The van der Waals surface area contributed by atoms with Crippen molar-refractivity contribution in [3.05, 3.63) is 36.5 Å². The van der Waals surface area contributed by atoms with Crippen molar-refractivity contribution in [2.24, 2.45) is 0 Å². The van der Waals surface area contributed by atoms with Gasteiger partial charge in [-0.05, 0) is 17.5 Å². The summed E-state index contributed by atoms with van der Waals surface area (Å²) in [5.74, 6) is -0.183. The molecular weight excluding hydrogens is 321 g/mol. The Morgan fingerprint density at radius 3 is 2.50 bits per heavy atom. The number of benzene rings is 1. The normalized spacial score (nSPS) is 18.1. The van der Waals surface area contributed by atoms with Gasteiger partial charge in [0.05, 0.1) is 0 Å². The van der Waals surface area contributed by atoms with E-state index in [4.69, 9.17) is 0 Å². The van der Waals surface area contributed by atoms with Crippen molar-refractivity contribution in [3.8, 4) is 0 Å². The van der Waals surface area contributed by atoms with Gasteiger partial charge in [-0.3, -0.25) is 4.79 Å². The van der Waals surface area contributed by atoms with Crippen molar-refractivity contribution in [1.29, 1.82) is 0 Å². The third kappa shape index (κ3) is 3.13. The number of likely N-dealkylation sites (tertiary alicyclic amines) is 1. The van der Waals surface area contributed by atoms with Crippen LogP contribution in [0.1, 0.15) is 19.3 Å². The molecule has 3 rings (SSSR count). The van der Waals surface area contributed by atoms with Crippen LogP contribution < -0.4 is 0 Å². The monoisotopic (exact) mass is 340 g/mol. The zero-order valence-electron chi connectivity index (χ0n) is 13.1. The fourth-order valence-electron chi connectivity index (χ4n) is 3.12. The molecule has 2 aromatic rings. The Balaban J connectivity index is 1.57. The molecule has 0 aliphatic carbocycles. The number of carbonyl (C=O) groups is 1. The number of nitrogens with zero attached hydrogens (tertiary/aromatic N) is 2. The van der Waals surface area contributed by atoms with Crippen LogP contribution in [0.15, 0.2) is 36.5 Å². The molecule has 24 heavy (non-hydrogen) atoms. The van der Waals surface area contributed by atoms with Gasteiger partial charge in [-0.15, -0.1) is 0 Å². The first kappa shape index (κ1) is 16.8. The van der Waals surface area contributed by atoms with E-state index in [0.717, 1.165) is 10.9 Å². The summed E-state index contributed by atoms with van der Waals surface area (Å²) < 4.78 is 40.3. The van der Waals surface area contributed by atoms with Gasteiger partial charge in [-0.1, -0.05) is 18.2 Å². The molecule has 1 aliphatic heterocycles. The van der Waals surface area contributed by atoms with Crippen LogP contribution in [0.2, 0.25) is 0 Å². The molecule has 1 saturated heterocycles. The lowest BCUT2D eigenvalue weighted by atomic mass is 9.90. The summed E-state index contributed by atoms with van der Waals surface area (Å²) >= 11 is 0. The molecule has 1 aromatic heterocycles. The minimum Gasteiger partial charge on any atom is -0.380 e. The number of aryl methyl sites for hydroxylation is 1. The van der Waals surface area contributed by atoms with Crippen molar-refractivity contribution < 1.29 is 23.1 Å². The van der Waals surface area contributed by atoms with Crippen LogP contribution in [-0.4, -0.2) is 45.3 Å². The molecular formula is C17H19F3N2O2. The number of amides is 1. The van der Waals surface area contributed by atoms with Crippen molar-refractivity contribution >= 4 is 16.8 Å². The fraction of sp³-hybridized carbons (Fsp3) is 0.471. The number of alkyl halides is 3. The van der Waals surface area contributed by atoms with Crippen molar-refractivity contribution in [1.82, 2.24) is 9.47 Å². The Hall–Kier alpha value is -2.02. The maximum Gasteiger partial charge on any atom is 0.417 e. The third-order valence-electron chi connectivity index (χ3n) is 4.72. The van der Waals surface area contributed by atoms with Gasteiger partial charge in [0.2, 0.25) is 5.91 Å². The second-order valence-electron chi connectivity index (χ2n) is 6.23. The van der Waals surface area contributed by atoms with Crippen LogP contribution in [0.4, 0.5) is 13.2 Å². The summed E-state index contributed by atoms with van der Waals surface area (Å²) in [6.07, 6.45) is -3.45. The summed E-state index contributed by atoms with van der Waals surface area (Å²) in [4.78, 5) is 13.6. The van der Waals surface area contributed by atoms with E-state index in [1.54, 1.807) is 0 Å². The summed E-state index contributed by atoms with van der Waals surface area (Å²) in [5, 5.41) is 10.7. The number of aliphatic hydroxyl groups is 1. The van der Waals surface area contributed by atoms with Crippen LogP contribution in [0.3, 0.4) is 0 Å². The summed E-state index contributed by atoms with van der Waals surface area (Å²) in [6.45, 7) is 0.342. The average Bonchev–Trinajstić information content (AvgIpc) is 2.95. The molecule has 0 atom stereocenters. The number of piperidine rings is 1. The van der Waals surface area contributed by atoms with Gasteiger partial charge in [-0.2, -0.15) is 13.2 Å². The predicted molar refractivity (Wildman–Crippen MR) is 83.4 cm³/mol. The van der Waals surface area contributed by atoms with Crippen LogP contribution in [-0.2, 0) is 11.3 Å². The highest BCUT2D eigenvalue weighted by Gasteiger charge is 2.54. The number of fused-ring (bicyclic) bond motifs is 1. The molecule has 2 heterocycles. The molecule has 1 fully saturated rings. The lowest BCUT2D eigenvalue weighted by molar-refractivity contribution is -0.272. The number of aromatic nitrogens is 1. The lowest BCUT2D eigenvalue weighted by Crippen LogP contribution is -2.54. The standard InChI is InChI=1S/C17H19F3N2O2/c18-17(19,20)16(24)7-11-22(12-8-16)15(23)6-10-21-9-5-13-3-1-2-4-14(13)21/h1-5,9,24H,6-8,10-12H2. The number of para-hydroxylation sites is 1. The first-order valence-corrected chi connectivity index (χ1v) is 7.91. The van der Waals surface area contributed by atoms with Gasteiger partial charge in [0.15, 0.2) is 5.60 Å². The van der Waals surface area contributed by atoms with E-state index in [-0.39, 0.29) is 25.4 Å². The van der Waals surface area contributed by atoms with Crippen molar-refractivity contribution in [2.75, 3.05) is 13.1 Å². The molecule has 130 valence electrons. The highest BCUT2D eigenvalue weighted by Crippen LogP contribution is 2.38. The highest BCUT2D eigenvalue weighted by molar-refractivity contribution is 5.80. The maximum absolute atomic E-state index is 12.8. The van der Waals surface area contributed by atoms with E-state index in [9.17, 15) is 23.1 Å². The first-order valence-electron chi connectivity index (χ1n) is 7.91. The number of hydrogen-bond donors (Lipinski definition) is 1. The molecule has 1 aromatic carbocycles. The van der Waals surface area contributed by atoms with Crippen molar-refractivity contribution in [3.63, 3.8) is 0 Å². The quantitative estimate of drug-likeness (QED) is 0.934. The highest BCUT2D eigenvalue weighted by atomic mass is 19.4. The maximum atomic E-state index is 12.8. The number of rotatable bonds is 3. The largest absolute Gasteiger partial charge is 0.417 e. The summed E-state index contributed by atoms with van der Waals surface area (Å²) in [6, 6.07) is 9.77. The third-order valence-corrected chi connectivity index (χ3v) is 4.72.